The molecule has 0 amide bonds. The molecule has 6 nitrogen and oxygen atoms in total. The molecule has 2 aromatic heterocycles. The van der Waals surface area contributed by atoms with Crippen LogP contribution in [0.4, 0.5) is 0 Å². The minimum atomic E-state index is 0.263. The number of nitrogens with one attached hydrogen (secondary N) is 1. The highest BCUT2D eigenvalue weighted by atomic mass is 32.1. The second-order valence-electron chi connectivity index (χ2n) is 7.07. The fraction of sp³-hybridized carbons (Fsp3) is 0.350. The molecule has 2 atom stereocenters. The van der Waals surface area contributed by atoms with E-state index in [0.29, 0.717) is 28.2 Å². The van der Waals surface area contributed by atoms with Crippen LogP contribution in [0.1, 0.15) is 47.7 Å². The van der Waals surface area contributed by atoms with E-state index < -0.39 is 0 Å². The number of H-pyrrole nitrogens is 1. The summed E-state index contributed by atoms with van der Waals surface area (Å²) in [6, 6.07) is 10.0. The van der Waals surface area contributed by atoms with E-state index in [4.69, 9.17) is 21.4 Å². The van der Waals surface area contributed by atoms with E-state index in [2.05, 4.69) is 22.2 Å². The van der Waals surface area contributed by atoms with E-state index in [1.807, 2.05) is 44.2 Å². The molecular weight excluding hydrogens is 360 g/mol. The Morgan fingerprint density at radius 1 is 1.33 bits per heavy atom. The van der Waals surface area contributed by atoms with Crippen molar-refractivity contribution >= 4 is 18.4 Å². The number of nitrogens with zero attached hydrogens (tertiary/aromatic N) is 3. The smallest absolute Gasteiger partial charge is 0.216 e. The number of hydrogen-bond donors (Lipinski definition) is 1. The van der Waals surface area contributed by atoms with Gasteiger partial charge in [0.1, 0.15) is 23.9 Å². The monoisotopic (exact) mass is 382 g/mol. The molecule has 0 spiro atoms. The van der Waals surface area contributed by atoms with Crippen LogP contribution in [0.15, 0.2) is 39.9 Å². The molecule has 1 fully saturated rings. The Bertz CT molecular complexity index is 1030. The number of benzene rings is 1. The molecular formula is C20H22N4O2S. The lowest BCUT2D eigenvalue weighted by Crippen LogP contribution is -2.05. The first-order valence-corrected chi connectivity index (χ1v) is 9.43. The molecule has 0 radical (unpaired) electrons. The van der Waals surface area contributed by atoms with Crippen molar-refractivity contribution < 1.29 is 9.15 Å². The van der Waals surface area contributed by atoms with Crippen LogP contribution < -0.4 is 4.74 Å². The number of aromatic nitrogens is 3. The van der Waals surface area contributed by atoms with Crippen LogP contribution in [0.2, 0.25) is 0 Å². The van der Waals surface area contributed by atoms with Crippen molar-refractivity contribution in [3.8, 4) is 5.75 Å². The van der Waals surface area contributed by atoms with E-state index in [0.717, 1.165) is 22.6 Å². The normalized spacial score (nSPS) is 18.9. The summed E-state index contributed by atoms with van der Waals surface area (Å²) < 4.78 is 13.8. The SMILES string of the molecule is Cc1cccc(C)c1OCc1n[nH]c(=S)n1/N=C\c1ccc([C@@H]2C[C@@H]2C)o1. The minimum Gasteiger partial charge on any atom is -0.485 e. The highest BCUT2D eigenvalue weighted by molar-refractivity contribution is 7.71. The molecule has 0 saturated heterocycles. The molecule has 1 aromatic carbocycles. The minimum absolute atomic E-state index is 0.263. The molecule has 0 unspecified atom stereocenters. The van der Waals surface area contributed by atoms with Crippen LogP contribution in [0.25, 0.3) is 0 Å². The van der Waals surface area contributed by atoms with Crippen LogP contribution in [-0.4, -0.2) is 21.1 Å². The summed E-state index contributed by atoms with van der Waals surface area (Å²) in [5.41, 5.74) is 2.16. The van der Waals surface area contributed by atoms with Crippen LogP contribution >= 0.6 is 12.2 Å². The third kappa shape index (κ3) is 3.73. The van der Waals surface area contributed by atoms with Gasteiger partial charge in [-0.15, -0.1) is 0 Å². The van der Waals surface area contributed by atoms with Gasteiger partial charge in [0.15, 0.2) is 5.82 Å². The standard InChI is InChI=1S/C20H22N4O2S/c1-12-5-4-6-13(2)19(12)25-11-18-22-23-20(27)24(18)21-10-15-7-8-17(26-15)16-9-14(16)3/h4-8,10,14,16H,9,11H2,1-3H3,(H,23,27)/b21-10-/t14-,16+/m0/s1. The van der Waals surface area contributed by atoms with Crippen molar-refractivity contribution in [3.05, 3.63) is 63.6 Å². The summed E-state index contributed by atoms with van der Waals surface area (Å²) in [7, 11) is 0. The molecule has 1 saturated carbocycles. The number of rotatable bonds is 6. The molecule has 1 aliphatic carbocycles. The number of hydrogen-bond acceptors (Lipinski definition) is 5. The van der Waals surface area contributed by atoms with Gasteiger partial charge in [-0.3, -0.25) is 0 Å². The molecule has 0 aliphatic heterocycles. The molecule has 27 heavy (non-hydrogen) atoms. The molecule has 1 aliphatic rings. The second-order valence-corrected chi connectivity index (χ2v) is 7.46. The lowest BCUT2D eigenvalue weighted by Gasteiger charge is -2.11. The third-order valence-electron chi connectivity index (χ3n) is 4.89. The van der Waals surface area contributed by atoms with Crippen LogP contribution in [0.5, 0.6) is 5.75 Å². The van der Waals surface area contributed by atoms with E-state index in [9.17, 15) is 0 Å². The molecule has 2 heterocycles. The van der Waals surface area contributed by atoms with Crippen molar-refractivity contribution in [3.63, 3.8) is 0 Å². The fourth-order valence-electron chi connectivity index (χ4n) is 3.17. The van der Waals surface area contributed by atoms with Crippen LogP contribution in [0.3, 0.4) is 0 Å². The lowest BCUT2D eigenvalue weighted by atomic mass is 10.1. The summed E-state index contributed by atoms with van der Waals surface area (Å²) in [4.78, 5) is 0. The summed E-state index contributed by atoms with van der Waals surface area (Å²) in [5, 5.41) is 11.4. The Morgan fingerprint density at radius 3 is 2.78 bits per heavy atom. The second kappa shape index (κ2) is 7.15. The molecule has 140 valence electrons. The average Bonchev–Trinajstić information content (AvgIpc) is 3.03. The molecule has 4 rings (SSSR count). The number of aromatic amines is 1. The first kappa shape index (κ1) is 17.7. The van der Waals surface area contributed by atoms with Crippen molar-refractivity contribution in [2.24, 2.45) is 11.0 Å². The Kier molecular flexibility index (Phi) is 4.70. The van der Waals surface area contributed by atoms with Crippen molar-refractivity contribution in [2.45, 2.75) is 39.7 Å². The van der Waals surface area contributed by atoms with E-state index in [-0.39, 0.29) is 6.61 Å². The number of ether oxygens (including phenoxy) is 1. The largest absolute Gasteiger partial charge is 0.485 e. The van der Waals surface area contributed by atoms with Gasteiger partial charge >= 0.3 is 0 Å². The Balaban J connectivity index is 1.50. The zero-order valence-electron chi connectivity index (χ0n) is 15.6. The van der Waals surface area contributed by atoms with E-state index in [1.54, 1.807) is 10.9 Å². The summed E-state index contributed by atoms with van der Waals surface area (Å²) in [6.07, 6.45) is 2.85. The summed E-state index contributed by atoms with van der Waals surface area (Å²) >= 11 is 5.29. The number of furan rings is 1. The van der Waals surface area contributed by atoms with Crippen molar-refractivity contribution in [1.82, 2.24) is 14.9 Å². The van der Waals surface area contributed by atoms with Gasteiger partial charge in [-0.25, -0.2) is 5.10 Å². The maximum Gasteiger partial charge on any atom is 0.216 e. The number of aryl methyl sites for hydroxylation is 2. The summed E-state index contributed by atoms with van der Waals surface area (Å²) in [6.45, 7) is 6.53. The quantitative estimate of drug-likeness (QED) is 0.494. The van der Waals surface area contributed by atoms with Gasteiger partial charge in [-0.1, -0.05) is 25.1 Å². The van der Waals surface area contributed by atoms with Gasteiger partial charge in [-0.05, 0) is 61.7 Å². The topological polar surface area (TPSA) is 68.3 Å². The Morgan fingerprint density at radius 2 is 2.07 bits per heavy atom. The van der Waals surface area contributed by atoms with Crippen molar-refractivity contribution in [1.29, 1.82) is 0 Å². The summed E-state index contributed by atoms with van der Waals surface area (Å²) in [5.74, 6) is 4.44. The Labute approximate surface area is 162 Å². The maximum absolute atomic E-state index is 5.97. The van der Waals surface area contributed by atoms with Crippen molar-refractivity contribution in [2.75, 3.05) is 0 Å². The molecule has 1 N–H and O–H groups in total. The first-order valence-electron chi connectivity index (χ1n) is 9.02. The first-order chi connectivity index (χ1) is 13.0. The molecule has 3 aromatic rings. The third-order valence-corrected chi connectivity index (χ3v) is 5.16. The van der Waals surface area contributed by atoms with Gasteiger partial charge in [0, 0.05) is 5.92 Å². The predicted molar refractivity (Wildman–Crippen MR) is 106 cm³/mol. The Hall–Kier alpha value is -2.67. The van der Waals surface area contributed by atoms with Gasteiger partial charge in [-0.2, -0.15) is 14.9 Å². The highest BCUT2D eigenvalue weighted by Crippen LogP contribution is 2.47. The van der Waals surface area contributed by atoms with Gasteiger partial charge in [0.25, 0.3) is 0 Å². The van der Waals surface area contributed by atoms with E-state index in [1.165, 1.54) is 6.42 Å². The number of para-hydroxylation sites is 1. The average molecular weight is 382 g/mol. The van der Waals surface area contributed by atoms with Gasteiger partial charge in [0.05, 0.1) is 6.21 Å². The van der Waals surface area contributed by atoms with Gasteiger partial charge in [0.2, 0.25) is 4.77 Å². The maximum atomic E-state index is 5.97. The molecule has 7 heteroatoms. The fourth-order valence-corrected chi connectivity index (χ4v) is 3.37. The van der Waals surface area contributed by atoms with Crippen LogP contribution in [0, 0.1) is 24.5 Å². The van der Waals surface area contributed by atoms with Gasteiger partial charge < -0.3 is 9.15 Å². The predicted octanol–water partition coefficient (Wildman–Crippen LogP) is 4.74. The highest BCUT2D eigenvalue weighted by Gasteiger charge is 2.36. The molecule has 0 bridgehead atoms. The lowest BCUT2D eigenvalue weighted by molar-refractivity contribution is 0.287. The van der Waals surface area contributed by atoms with Crippen LogP contribution in [-0.2, 0) is 6.61 Å². The zero-order chi connectivity index (χ0) is 19.0. The van der Waals surface area contributed by atoms with E-state index >= 15 is 0 Å². The zero-order valence-corrected chi connectivity index (χ0v) is 16.4.